The van der Waals surface area contributed by atoms with E-state index in [0.29, 0.717) is 30.9 Å². The molecule has 1 amide bonds. The predicted molar refractivity (Wildman–Crippen MR) is 71.7 cm³/mol. The molecule has 0 aliphatic carbocycles. The molecule has 5 nitrogen and oxygen atoms in total. The summed E-state index contributed by atoms with van der Waals surface area (Å²) in [5, 5.41) is 12.1. The first-order valence-corrected chi connectivity index (χ1v) is 6.97. The van der Waals surface area contributed by atoms with E-state index in [4.69, 9.17) is 4.74 Å². The van der Waals surface area contributed by atoms with E-state index in [1.54, 1.807) is 6.07 Å². The maximum absolute atomic E-state index is 12.2. The van der Waals surface area contributed by atoms with Crippen LogP contribution >= 0.6 is 11.3 Å². The molecule has 19 heavy (non-hydrogen) atoms. The third-order valence-corrected chi connectivity index (χ3v) is 4.65. The molecule has 1 aliphatic rings. The van der Waals surface area contributed by atoms with Crippen LogP contribution in [0.4, 0.5) is 0 Å². The molecule has 0 bridgehead atoms. The number of amides is 1. The smallest absolute Gasteiger partial charge is 0.329 e. The second-order valence-electron chi connectivity index (χ2n) is 4.80. The fraction of sp³-hybridized carbons (Fsp3) is 0.538. The summed E-state index contributed by atoms with van der Waals surface area (Å²) in [6.07, 6.45) is 0.606. The van der Waals surface area contributed by atoms with Gasteiger partial charge in [-0.15, -0.1) is 11.3 Å². The molecule has 2 heterocycles. The van der Waals surface area contributed by atoms with Crippen molar-refractivity contribution in [1.29, 1.82) is 0 Å². The summed E-state index contributed by atoms with van der Waals surface area (Å²) in [7, 11) is 0. The first kappa shape index (κ1) is 14.0. The van der Waals surface area contributed by atoms with Crippen molar-refractivity contribution in [2.45, 2.75) is 32.2 Å². The van der Waals surface area contributed by atoms with E-state index in [-0.39, 0.29) is 5.91 Å². The van der Waals surface area contributed by atoms with E-state index in [1.165, 1.54) is 11.3 Å². The quantitative estimate of drug-likeness (QED) is 0.885. The maximum Gasteiger partial charge on any atom is 0.329 e. The number of hydrogen-bond acceptors (Lipinski definition) is 4. The molecule has 2 rings (SSSR count). The van der Waals surface area contributed by atoms with Crippen LogP contribution in [0.3, 0.4) is 0 Å². The van der Waals surface area contributed by atoms with Crippen LogP contribution in [0.15, 0.2) is 6.07 Å². The third-order valence-electron chi connectivity index (χ3n) is 3.50. The molecule has 1 aromatic rings. The SMILES string of the molecule is Cc1cc(C(=O)NC2(C(=O)O)CCOCC2)sc1C. The number of aryl methyl sites for hydroxylation is 2. The Bertz CT molecular complexity index is 483. The van der Waals surface area contributed by atoms with Gasteiger partial charge in [-0.2, -0.15) is 0 Å². The molecule has 0 radical (unpaired) electrons. The Morgan fingerprint density at radius 1 is 1.37 bits per heavy atom. The van der Waals surface area contributed by atoms with Crippen molar-refractivity contribution in [1.82, 2.24) is 5.32 Å². The van der Waals surface area contributed by atoms with E-state index >= 15 is 0 Å². The molecule has 1 fully saturated rings. The molecule has 1 aromatic heterocycles. The molecule has 0 unspecified atom stereocenters. The van der Waals surface area contributed by atoms with E-state index in [0.717, 1.165) is 10.4 Å². The van der Waals surface area contributed by atoms with Crippen LogP contribution in [0.2, 0.25) is 0 Å². The fourth-order valence-electron chi connectivity index (χ4n) is 2.08. The Morgan fingerprint density at radius 2 is 2.00 bits per heavy atom. The lowest BCUT2D eigenvalue weighted by molar-refractivity contribution is -0.148. The van der Waals surface area contributed by atoms with Gasteiger partial charge in [0.1, 0.15) is 5.54 Å². The zero-order chi connectivity index (χ0) is 14.0. The van der Waals surface area contributed by atoms with Gasteiger partial charge >= 0.3 is 5.97 Å². The van der Waals surface area contributed by atoms with Gasteiger partial charge in [0.25, 0.3) is 5.91 Å². The highest BCUT2D eigenvalue weighted by Gasteiger charge is 2.41. The summed E-state index contributed by atoms with van der Waals surface area (Å²) in [5.41, 5.74) is -0.146. The molecule has 0 aromatic carbocycles. The minimum absolute atomic E-state index is 0.303. The molecule has 0 atom stereocenters. The lowest BCUT2D eigenvalue weighted by Crippen LogP contribution is -2.57. The molecule has 0 spiro atoms. The van der Waals surface area contributed by atoms with Crippen LogP contribution in [0, 0.1) is 13.8 Å². The lowest BCUT2D eigenvalue weighted by atomic mass is 9.90. The summed E-state index contributed by atoms with van der Waals surface area (Å²) < 4.78 is 5.17. The summed E-state index contributed by atoms with van der Waals surface area (Å²) in [6, 6.07) is 1.80. The largest absolute Gasteiger partial charge is 0.480 e. The van der Waals surface area contributed by atoms with Gasteiger partial charge in [-0.25, -0.2) is 4.79 Å². The van der Waals surface area contributed by atoms with Gasteiger partial charge in [0, 0.05) is 30.9 Å². The Morgan fingerprint density at radius 3 is 2.47 bits per heavy atom. The van der Waals surface area contributed by atoms with Gasteiger partial charge < -0.3 is 15.2 Å². The topological polar surface area (TPSA) is 75.6 Å². The average Bonchev–Trinajstić information content (AvgIpc) is 2.71. The van der Waals surface area contributed by atoms with E-state index in [2.05, 4.69) is 5.32 Å². The highest BCUT2D eigenvalue weighted by Crippen LogP contribution is 2.25. The van der Waals surface area contributed by atoms with E-state index in [9.17, 15) is 14.7 Å². The number of rotatable bonds is 3. The zero-order valence-electron chi connectivity index (χ0n) is 11.0. The molecule has 0 saturated carbocycles. The monoisotopic (exact) mass is 283 g/mol. The number of thiophene rings is 1. The Kier molecular flexibility index (Phi) is 3.91. The van der Waals surface area contributed by atoms with Crippen LogP contribution in [0.5, 0.6) is 0 Å². The van der Waals surface area contributed by atoms with Crippen LogP contribution in [-0.2, 0) is 9.53 Å². The summed E-state index contributed by atoms with van der Waals surface area (Å²) >= 11 is 1.39. The summed E-state index contributed by atoms with van der Waals surface area (Å²) in [4.78, 5) is 25.3. The van der Waals surface area contributed by atoms with Crippen LogP contribution < -0.4 is 5.32 Å². The van der Waals surface area contributed by atoms with Crippen LogP contribution in [0.1, 0.15) is 33.0 Å². The van der Waals surface area contributed by atoms with Crippen molar-refractivity contribution in [3.63, 3.8) is 0 Å². The predicted octanol–water partition coefficient (Wildman–Crippen LogP) is 1.73. The average molecular weight is 283 g/mol. The fourth-order valence-corrected chi connectivity index (χ4v) is 3.01. The Balaban J connectivity index is 2.17. The molecule has 1 aliphatic heterocycles. The molecule has 2 N–H and O–H groups in total. The van der Waals surface area contributed by atoms with Crippen LogP contribution in [-0.4, -0.2) is 35.7 Å². The van der Waals surface area contributed by atoms with E-state index < -0.39 is 11.5 Å². The van der Waals surface area contributed by atoms with Gasteiger partial charge in [-0.05, 0) is 25.5 Å². The highest BCUT2D eigenvalue weighted by atomic mass is 32.1. The minimum Gasteiger partial charge on any atom is -0.480 e. The van der Waals surface area contributed by atoms with Gasteiger partial charge in [0.05, 0.1) is 4.88 Å². The van der Waals surface area contributed by atoms with Crippen molar-refractivity contribution in [2.24, 2.45) is 0 Å². The molecule has 104 valence electrons. The number of hydrogen-bond donors (Lipinski definition) is 2. The molecule has 1 saturated heterocycles. The van der Waals surface area contributed by atoms with Crippen molar-refractivity contribution < 1.29 is 19.4 Å². The first-order chi connectivity index (χ1) is 8.94. The summed E-state index contributed by atoms with van der Waals surface area (Å²) in [6.45, 7) is 4.59. The van der Waals surface area contributed by atoms with Gasteiger partial charge in [0.15, 0.2) is 0 Å². The number of nitrogens with one attached hydrogen (secondary N) is 1. The van der Waals surface area contributed by atoms with Crippen molar-refractivity contribution >= 4 is 23.2 Å². The number of carboxylic acid groups (broad SMARTS) is 1. The van der Waals surface area contributed by atoms with Gasteiger partial charge in [-0.3, -0.25) is 4.79 Å². The van der Waals surface area contributed by atoms with Crippen molar-refractivity contribution in [3.05, 3.63) is 21.4 Å². The summed E-state index contributed by atoms with van der Waals surface area (Å²) in [5.74, 6) is -1.31. The lowest BCUT2D eigenvalue weighted by Gasteiger charge is -2.33. The number of ether oxygens (including phenoxy) is 1. The number of carbonyl (C=O) groups is 2. The van der Waals surface area contributed by atoms with Gasteiger partial charge in [0.2, 0.25) is 0 Å². The minimum atomic E-state index is -1.19. The number of carboxylic acids is 1. The van der Waals surface area contributed by atoms with Crippen molar-refractivity contribution in [2.75, 3.05) is 13.2 Å². The first-order valence-electron chi connectivity index (χ1n) is 6.15. The highest BCUT2D eigenvalue weighted by molar-refractivity contribution is 7.14. The van der Waals surface area contributed by atoms with Gasteiger partial charge in [-0.1, -0.05) is 0 Å². The molecular formula is C13H17NO4S. The second-order valence-corrected chi connectivity index (χ2v) is 6.06. The van der Waals surface area contributed by atoms with Crippen molar-refractivity contribution in [3.8, 4) is 0 Å². The standard InChI is InChI=1S/C13H17NO4S/c1-8-7-10(19-9(8)2)11(15)14-13(12(16)17)3-5-18-6-4-13/h7H,3-6H2,1-2H3,(H,14,15)(H,16,17). The third kappa shape index (κ3) is 2.79. The Labute approximate surface area is 115 Å². The molecular weight excluding hydrogens is 266 g/mol. The zero-order valence-corrected chi connectivity index (χ0v) is 11.8. The number of aliphatic carboxylic acids is 1. The van der Waals surface area contributed by atoms with E-state index in [1.807, 2.05) is 13.8 Å². The molecule has 6 heteroatoms. The Hall–Kier alpha value is -1.40. The number of carbonyl (C=O) groups excluding carboxylic acids is 1. The normalized spacial score (nSPS) is 18.0. The van der Waals surface area contributed by atoms with Crippen LogP contribution in [0.25, 0.3) is 0 Å². The second kappa shape index (κ2) is 5.30. The maximum atomic E-state index is 12.2.